The summed E-state index contributed by atoms with van der Waals surface area (Å²) in [5, 5.41) is 11.0. The Kier molecular flexibility index (Phi) is 5.73. The SMILES string of the molecule is CCC1(CC)O[C@@H](n2ccc(=O)[nH]c2=O)C(O[Si](C)(C)C(C)(C)C)[C@H]1O. The standard InChI is InChI=1S/C18H32N2O5Si/c1-8-18(9-2)14(22)13(25-26(6,7)17(3,4)5)15(24-18)20-11-10-12(21)19-16(20)23/h10-11,13-15,22H,8-9H2,1-7H3,(H,19,21,23)/t13?,14-,15-/m1/s1. The van der Waals surface area contributed by atoms with Crippen molar-refractivity contribution >= 4 is 8.32 Å². The van der Waals surface area contributed by atoms with Crippen molar-refractivity contribution < 1.29 is 14.3 Å². The largest absolute Gasteiger partial charge is 0.407 e. The Labute approximate surface area is 155 Å². The lowest BCUT2D eigenvalue weighted by atomic mass is 9.90. The predicted octanol–water partition coefficient (Wildman–Crippen LogP) is 2.38. The van der Waals surface area contributed by atoms with E-state index in [4.69, 9.17) is 9.16 Å². The van der Waals surface area contributed by atoms with Crippen LogP contribution in [0.2, 0.25) is 18.1 Å². The second-order valence-corrected chi connectivity index (χ2v) is 13.3. The fourth-order valence-corrected chi connectivity index (χ4v) is 4.43. The first-order valence-corrected chi connectivity index (χ1v) is 12.1. The van der Waals surface area contributed by atoms with Gasteiger partial charge < -0.3 is 14.3 Å². The number of aliphatic hydroxyl groups is 1. The molecule has 2 rings (SSSR count). The van der Waals surface area contributed by atoms with Gasteiger partial charge in [-0.2, -0.15) is 0 Å². The van der Waals surface area contributed by atoms with Crippen LogP contribution in [0.3, 0.4) is 0 Å². The Balaban J connectivity index is 2.52. The van der Waals surface area contributed by atoms with Gasteiger partial charge in [0.2, 0.25) is 0 Å². The van der Waals surface area contributed by atoms with E-state index in [1.807, 2.05) is 13.8 Å². The van der Waals surface area contributed by atoms with E-state index in [1.165, 1.54) is 16.8 Å². The van der Waals surface area contributed by atoms with Gasteiger partial charge in [0, 0.05) is 12.3 Å². The molecule has 1 aliphatic rings. The molecule has 8 heteroatoms. The molecule has 1 saturated heterocycles. The molecule has 0 amide bonds. The van der Waals surface area contributed by atoms with E-state index in [-0.39, 0.29) is 5.04 Å². The molecule has 0 spiro atoms. The molecule has 2 heterocycles. The Morgan fingerprint density at radius 2 is 1.88 bits per heavy atom. The van der Waals surface area contributed by atoms with E-state index in [2.05, 4.69) is 38.8 Å². The van der Waals surface area contributed by atoms with Crippen LogP contribution >= 0.6 is 0 Å². The van der Waals surface area contributed by atoms with Crippen molar-refractivity contribution in [1.82, 2.24) is 9.55 Å². The smallest absolute Gasteiger partial charge is 0.330 e. The van der Waals surface area contributed by atoms with E-state index in [0.717, 1.165) is 0 Å². The Bertz CT molecular complexity index is 745. The van der Waals surface area contributed by atoms with Gasteiger partial charge in [0.15, 0.2) is 14.5 Å². The van der Waals surface area contributed by atoms with Crippen molar-refractivity contribution in [3.63, 3.8) is 0 Å². The van der Waals surface area contributed by atoms with Gasteiger partial charge in [0.1, 0.15) is 12.2 Å². The van der Waals surface area contributed by atoms with Gasteiger partial charge in [-0.1, -0.05) is 34.6 Å². The van der Waals surface area contributed by atoms with Crippen LogP contribution < -0.4 is 11.2 Å². The van der Waals surface area contributed by atoms with Crippen LogP contribution in [0.5, 0.6) is 0 Å². The molecule has 1 unspecified atom stereocenters. The number of ether oxygens (including phenoxy) is 1. The van der Waals surface area contributed by atoms with Crippen LogP contribution in [0.4, 0.5) is 0 Å². The number of H-pyrrole nitrogens is 1. The summed E-state index contributed by atoms with van der Waals surface area (Å²) in [6.45, 7) is 14.5. The van der Waals surface area contributed by atoms with Crippen LogP contribution in [-0.4, -0.2) is 40.8 Å². The normalized spacial score (nSPS) is 26.2. The Morgan fingerprint density at radius 3 is 2.35 bits per heavy atom. The number of aromatic nitrogens is 2. The highest BCUT2D eigenvalue weighted by Gasteiger charge is 2.56. The summed E-state index contributed by atoms with van der Waals surface area (Å²) in [6.07, 6.45) is 0.258. The van der Waals surface area contributed by atoms with Crippen LogP contribution in [-0.2, 0) is 9.16 Å². The summed E-state index contributed by atoms with van der Waals surface area (Å²) in [6, 6.07) is 1.28. The fraction of sp³-hybridized carbons (Fsp3) is 0.778. The minimum atomic E-state index is -2.23. The minimum absolute atomic E-state index is 0.0586. The Morgan fingerprint density at radius 1 is 1.31 bits per heavy atom. The van der Waals surface area contributed by atoms with Gasteiger partial charge in [-0.15, -0.1) is 0 Å². The third-order valence-corrected chi connectivity index (χ3v) is 10.5. The molecule has 7 nitrogen and oxygen atoms in total. The van der Waals surface area contributed by atoms with Crippen LogP contribution in [0.15, 0.2) is 21.9 Å². The highest BCUT2D eigenvalue weighted by Crippen LogP contribution is 2.46. The molecule has 1 aromatic rings. The molecule has 0 bridgehead atoms. The van der Waals surface area contributed by atoms with Gasteiger partial charge in [-0.05, 0) is 31.0 Å². The molecule has 0 saturated carbocycles. The summed E-state index contributed by atoms with van der Waals surface area (Å²) >= 11 is 0. The topological polar surface area (TPSA) is 93.6 Å². The summed E-state index contributed by atoms with van der Waals surface area (Å²) in [5.74, 6) is 0. The molecule has 3 atom stereocenters. The molecule has 0 radical (unpaired) electrons. The first-order valence-electron chi connectivity index (χ1n) is 9.23. The zero-order valence-corrected chi connectivity index (χ0v) is 17.8. The Hall–Kier alpha value is -1.22. The third-order valence-electron chi connectivity index (χ3n) is 6.05. The minimum Gasteiger partial charge on any atom is -0.407 e. The quantitative estimate of drug-likeness (QED) is 0.760. The average Bonchev–Trinajstić information content (AvgIpc) is 2.79. The number of nitrogens with one attached hydrogen (secondary N) is 1. The third kappa shape index (κ3) is 3.60. The van der Waals surface area contributed by atoms with Gasteiger partial charge in [-0.3, -0.25) is 14.3 Å². The predicted molar refractivity (Wildman–Crippen MR) is 103 cm³/mol. The summed E-state index contributed by atoms with van der Waals surface area (Å²) in [5.41, 5.74) is -1.82. The van der Waals surface area contributed by atoms with Crippen molar-refractivity contribution in [3.05, 3.63) is 33.1 Å². The molecule has 1 aromatic heterocycles. The number of aliphatic hydroxyl groups excluding tert-OH is 1. The van der Waals surface area contributed by atoms with E-state index >= 15 is 0 Å². The van der Waals surface area contributed by atoms with Gasteiger partial charge in [0.25, 0.3) is 5.56 Å². The monoisotopic (exact) mass is 384 g/mol. The number of rotatable bonds is 5. The van der Waals surface area contributed by atoms with Gasteiger partial charge >= 0.3 is 5.69 Å². The average molecular weight is 385 g/mol. The molecule has 1 aliphatic heterocycles. The molecule has 0 aliphatic carbocycles. The molecule has 0 aromatic carbocycles. The number of nitrogens with zero attached hydrogens (tertiary/aromatic N) is 1. The maximum absolute atomic E-state index is 12.3. The first kappa shape index (κ1) is 21.1. The van der Waals surface area contributed by atoms with Gasteiger partial charge in [-0.25, -0.2) is 4.79 Å². The van der Waals surface area contributed by atoms with Crippen LogP contribution in [0.25, 0.3) is 0 Å². The maximum Gasteiger partial charge on any atom is 0.330 e. The fourth-order valence-electron chi connectivity index (χ4n) is 3.15. The molecule has 2 N–H and O–H groups in total. The lowest BCUT2D eigenvalue weighted by molar-refractivity contribution is -0.109. The molecular formula is C18H32N2O5Si. The van der Waals surface area contributed by atoms with Crippen molar-refractivity contribution in [2.75, 3.05) is 0 Å². The molecule has 1 fully saturated rings. The zero-order chi connectivity index (χ0) is 19.9. The number of aromatic amines is 1. The highest BCUT2D eigenvalue weighted by molar-refractivity contribution is 6.74. The van der Waals surface area contributed by atoms with Crippen molar-refractivity contribution in [2.24, 2.45) is 0 Å². The van der Waals surface area contributed by atoms with Gasteiger partial charge in [0.05, 0.1) is 5.60 Å². The number of hydrogen-bond donors (Lipinski definition) is 2. The highest BCUT2D eigenvalue weighted by atomic mass is 28.4. The van der Waals surface area contributed by atoms with E-state index in [0.29, 0.717) is 12.8 Å². The lowest BCUT2D eigenvalue weighted by Crippen LogP contribution is -2.51. The van der Waals surface area contributed by atoms with Crippen LogP contribution in [0.1, 0.15) is 53.7 Å². The van der Waals surface area contributed by atoms with E-state index in [1.54, 1.807) is 0 Å². The second kappa shape index (κ2) is 7.07. The number of hydrogen-bond acceptors (Lipinski definition) is 5. The second-order valence-electron chi connectivity index (χ2n) is 8.59. The summed E-state index contributed by atoms with van der Waals surface area (Å²) in [4.78, 5) is 26.0. The molecular weight excluding hydrogens is 352 g/mol. The van der Waals surface area contributed by atoms with E-state index < -0.39 is 43.6 Å². The van der Waals surface area contributed by atoms with E-state index in [9.17, 15) is 14.7 Å². The van der Waals surface area contributed by atoms with Crippen LogP contribution in [0, 0.1) is 0 Å². The van der Waals surface area contributed by atoms with Crippen molar-refractivity contribution in [2.45, 2.75) is 89.6 Å². The van der Waals surface area contributed by atoms with Crippen molar-refractivity contribution in [1.29, 1.82) is 0 Å². The summed E-state index contributed by atoms with van der Waals surface area (Å²) < 4.78 is 14.0. The first-order chi connectivity index (χ1) is 11.9. The lowest BCUT2D eigenvalue weighted by Gasteiger charge is -2.40. The molecule has 26 heavy (non-hydrogen) atoms. The van der Waals surface area contributed by atoms with Crippen molar-refractivity contribution in [3.8, 4) is 0 Å². The summed E-state index contributed by atoms with van der Waals surface area (Å²) in [7, 11) is -2.23. The zero-order valence-electron chi connectivity index (χ0n) is 16.8. The molecule has 148 valence electrons. The maximum atomic E-state index is 12.3.